The lowest BCUT2D eigenvalue weighted by molar-refractivity contribution is 0.568. The Morgan fingerprint density at radius 3 is 1.15 bits per heavy atom. The van der Waals surface area contributed by atoms with Crippen LogP contribution in [0.1, 0.15) is 116 Å². The van der Waals surface area contributed by atoms with Crippen LogP contribution in [0.15, 0.2) is 206 Å². The van der Waals surface area contributed by atoms with Crippen molar-refractivity contribution in [2.75, 3.05) is 0 Å². The summed E-state index contributed by atoms with van der Waals surface area (Å²) >= 11 is 0. The van der Waals surface area contributed by atoms with Gasteiger partial charge >= 0.3 is 0 Å². The minimum absolute atomic E-state index is 0.0525. The van der Waals surface area contributed by atoms with Crippen LogP contribution in [0.2, 0.25) is 0 Å². The lowest BCUT2D eigenvalue weighted by atomic mass is 9.75. The largest absolute Gasteiger partial charge is 0.0767 e. The zero-order chi connectivity index (χ0) is 55.4. The average Bonchev–Trinajstić information content (AvgIpc) is 4.12. The van der Waals surface area contributed by atoms with E-state index in [0.29, 0.717) is 5.92 Å². The van der Waals surface area contributed by atoms with Gasteiger partial charge in [0.05, 0.1) is 0 Å². The highest BCUT2D eigenvalue weighted by molar-refractivity contribution is 6.29. The molecule has 80 heavy (non-hydrogen) atoms. The lowest BCUT2D eigenvalue weighted by Crippen LogP contribution is -2.17. The Labute approximate surface area is 475 Å². The molecule has 0 saturated heterocycles. The lowest BCUT2D eigenvalue weighted by Gasteiger charge is -2.29. The summed E-state index contributed by atoms with van der Waals surface area (Å²) in [6.07, 6.45) is 14.5. The van der Waals surface area contributed by atoms with Gasteiger partial charge in [0.25, 0.3) is 0 Å². The first-order valence-electron chi connectivity index (χ1n) is 29.2. The fraction of sp³-hybridized carbons (Fsp3) is 0.225. The van der Waals surface area contributed by atoms with E-state index in [9.17, 15) is 0 Å². The van der Waals surface area contributed by atoms with Crippen LogP contribution in [-0.2, 0) is 21.7 Å². The van der Waals surface area contributed by atoms with Crippen LogP contribution in [0.3, 0.4) is 0 Å². The molecule has 14 rings (SSSR count). The second kappa shape index (κ2) is 17.7. The third-order valence-corrected chi connectivity index (χ3v) is 18.3. The van der Waals surface area contributed by atoms with Gasteiger partial charge in [0.2, 0.25) is 0 Å². The molecule has 4 aliphatic carbocycles. The number of rotatable bonds is 5. The monoisotopic (exact) mass is 1030 g/mol. The maximum Gasteiger partial charge on any atom is 0.0200 e. The van der Waals surface area contributed by atoms with E-state index >= 15 is 0 Å². The quantitative estimate of drug-likeness (QED) is 0.161. The van der Waals surface area contributed by atoms with Crippen molar-refractivity contribution < 1.29 is 0 Å². The predicted molar refractivity (Wildman–Crippen MR) is 347 cm³/mol. The molecule has 392 valence electrons. The number of fused-ring (bicyclic) bond motifs is 8. The molecule has 2 unspecified atom stereocenters. The standard InChI is InChI=1S/C80H72/c1-77(2,3)53-40-51(41-54(45-53)78(4,5)6)70-61-37-36-50(44-66(61)71(52-42-55(79(7,8)9)46-56(43-52)80(10,11)12)74-63-34-22-29-47-28-21-33-62(67(47)63)73(70)74)57-38-39-65-72-58(57)32-23-35-64(72)75-68(48-24-15-13-16-25-48)59-30-19-20-31-60(59)69(76(65)75)49-26-17-14-18-27-49/h13-47,67H,1-12H3. The van der Waals surface area contributed by atoms with Gasteiger partial charge in [-0.25, -0.2) is 0 Å². The average molecular weight is 1030 g/mol. The number of allylic oxidation sites excluding steroid dienone is 8. The van der Waals surface area contributed by atoms with Crippen molar-refractivity contribution in [2.24, 2.45) is 11.8 Å². The van der Waals surface area contributed by atoms with Crippen LogP contribution in [0.5, 0.6) is 0 Å². The number of hydrogen-bond acceptors (Lipinski definition) is 0. The van der Waals surface area contributed by atoms with E-state index in [2.05, 4.69) is 289 Å². The summed E-state index contributed by atoms with van der Waals surface area (Å²) in [7, 11) is 0. The minimum Gasteiger partial charge on any atom is -0.0767 e. The van der Waals surface area contributed by atoms with Crippen LogP contribution < -0.4 is 0 Å². The second-order valence-electron chi connectivity index (χ2n) is 27.6. The molecule has 0 nitrogen and oxygen atoms in total. The van der Waals surface area contributed by atoms with E-state index in [-0.39, 0.29) is 27.6 Å². The summed E-state index contributed by atoms with van der Waals surface area (Å²) in [4.78, 5) is 0. The van der Waals surface area contributed by atoms with Gasteiger partial charge in [0.1, 0.15) is 0 Å². The summed E-state index contributed by atoms with van der Waals surface area (Å²) < 4.78 is 0. The number of hydrogen-bond donors (Lipinski definition) is 0. The van der Waals surface area contributed by atoms with Crippen molar-refractivity contribution in [3.63, 3.8) is 0 Å². The first-order chi connectivity index (χ1) is 38.2. The van der Waals surface area contributed by atoms with Gasteiger partial charge in [-0.05, 0) is 182 Å². The van der Waals surface area contributed by atoms with Crippen molar-refractivity contribution in [1.82, 2.24) is 0 Å². The minimum atomic E-state index is -0.0654. The third kappa shape index (κ3) is 7.76. The van der Waals surface area contributed by atoms with Gasteiger partial charge in [0.15, 0.2) is 0 Å². The van der Waals surface area contributed by atoms with Gasteiger partial charge in [-0.3, -0.25) is 0 Å². The van der Waals surface area contributed by atoms with Crippen molar-refractivity contribution in [2.45, 2.75) is 105 Å². The molecule has 0 aromatic heterocycles. The Bertz CT molecular complexity index is 4240. The Morgan fingerprint density at radius 1 is 0.275 bits per heavy atom. The van der Waals surface area contributed by atoms with Crippen LogP contribution in [0.4, 0.5) is 0 Å². The first kappa shape index (κ1) is 50.2. The van der Waals surface area contributed by atoms with E-state index in [0.717, 1.165) is 0 Å². The molecule has 0 amide bonds. The molecule has 4 aliphatic rings. The van der Waals surface area contributed by atoms with Crippen molar-refractivity contribution in [1.29, 1.82) is 0 Å². The first-order valence-corrected chi connectivity index (χ1v) is 29.2. The molecule has 0 heteroatoms. The van der Waals surface area contributed by atoms with Crippen molar-refractivity contribution >= 4 is 43.5 Å². The molecular weight excluding hydrogens is 961 g/mol. The smallest absolute Gasteiger partial charge is 0.0200 e. The van der Waals surface area contributed by atoms with E-state index in [1.54, 1.807) is 0 Å². The number of benzene rings is 10. The molecule has 0 fully saturated rings. The Balaban J connectivity index is 1.12. The van der Waals surface area contributed by atoms with Gasteiger partial charge in [-0.2, -0.15) is 0 Å². The zero-order valence-corrected chi connectivity index (χ0v) is 48.8. The summed E-state index contributed by atoms with van der Waals surface area (Å²) in [5, 5.41) is 7.77. The fourth-order valence-corrected chi connectivity index (χ4v) is 14.1. The van der Waals surface area contributed by atoms with E-state index in [1.807, 2.05) is 0 Å². The third-order valence-electron chi connectivity index (χ3n) is 18.3. The molecule has 2 atom stereocenters. The molecular formula is C80H72. The second-order valence-corrected chi connectivity index (χ2v) is 27.6. The maximum absolute atomic E-state index is 2.60. The highest BCUT2D eigenvalue weighted by Gasteiger charge is 2.43. The van der Waals surface area contributed by atoms with E-state index in [1.165, 1.54) is 155 Å². The molecule has 10 aromatic carbocycles. The van der Waals surface area contributed by atoms with Gasteiger partial charge in [-0.1, -0.05) is 283 Å². The van der Waals surface area contributed by atoms with Gasteiger partial charge in [0, 0.05) is 11.8 Å². The predicted octanol–water partition coefficient (Wildman–Crippen LogP) is 22.5. The molecule has 0 bridgehead atoms. The van der Waals surface area contributed by atoms with Crippen molar-refractivity contribution in [3.8, 4) is 77.9 Å². The Kier molecular flexibility index (Phi) is 11.1. The molecule has 0 aliphatic heterocycles. The Morgan fingerprint density at radius 2 is 0.675 bits per heavy atom. The zero-order valence-electron chi connectivity index (χ0n) is 48.8. The summed E-state index contributed by atoms with van der Waals surface area (Å²) in [5.41, 5.74) is 29.0. The highest BCUT2D eigenvalue weighted by atomic mass is 14.5. The van der Waals surface area contributed by atoms with Crippen molar-refractivity contribution in [3.05, 3.63) is 240 Å². The van der Waals surface area contributed by atoms with Crippen LogP contribution >= 0.6 is 0 Å². The molecule has 0 spiro atoms. The van der Waals surface area contributed by atoms with E-state index in [4.69, 9.17) is 0 Å². The molecule has 10 aromatic rings. The summed E-state index contributed by atoms with van der Waals surface area (Å²) in [6, 6.07) is 66.0. The van der Waals surface area contributed by atoms with E-state index < -0.39 is 0 Å². The van der Waals surface area contributed by atoms with Crippen LogP contribution in [0, 0.1) is 11.8 Å². The normalized spacial score (nSPS) is 16.3. The summed E-state index contributed by atoms with van der Waals surface area (Å²) in [5.74, 6) is 0.532. The highest BCUT2D eigenvalue weighted by Crippen LogP contribution is 2.62. The fourth-order valence-electron chi connectivity index (χ4n) is 14.1. The molecule has 0 N–H and O–H groups in total. The summed E-state index contributed by atoms with van der Waals surface area (Å²) in [6.45, 7) is 28.5. The Hall–Kier alpha value is -8.06. The van der Waals surface area contributed by atoms with Crippen LogP contribution in [0.25, 0.3) is 121 Å². The van der Waals surface area contributed by atoms with Gasteiger partial charge in [-0.15, -0.1) is 0 Å². The molecule has 0 radical (unpaired) electrons. The maximum atomic E-state index is 2.60. The van der Waals surface area contributed by atoms with Gasteiger partial charge < -0.3 is 0 Å². The SMILES string of the molecule is CC(C)(C)c1cc(-c2c3c(c(-c4cc(C(C)(C)C)cc(C(C)(C)C)c4)c4cc(-c5ccc6c7c(cccc57)-c5c-6c(-c6ccccc6)c6ccccc6c5-c5ccccc5)ccc24)C2=CC=CC4C=CC=C3C24)cc(C(C)(C)C)c1. The van der Waals surface area contributed by atoms with Crippen LogP contribution in [-0.4, -0.2) is 0 Å². The molecule has 0 heterocycles. The molecule has 0 saturated carbocycles. The topological polar surface area (TPSA) is 0 Å².